The molecule has 33 nitrogen and oxygen atoms in total. The van der Waals surface area contributed by atoms with Crippen molar-refractivity contribution in [2.75, 3.05) is 161 Å². The predicted octanol–water partition coefficient (Wildman–Crippen LogP) is 15.7. The van der Waals surface area contributed by atoms with Gasteiger partial charge < -0.3 is 53.3 Å². The number of nitrogens with zero attached hydrogens (tertiary/aromatic N) is 12. The van der Waals surface area contributed by atoms with Gasteiger partial charge in [0.2, 0.25) is 5.91 Å². The summed E-state index contributed by atoms with van der Waals surface area (Å²) in [7, 11) is -7.99. The number of hydrogen-bond donors (Lipinski definition) is 4. The largest absolute Gasteiger partial charge is 0.493 e. The molecule has 6 aliphatic heterocycles. The quantitative estimate of drug-likeness (QED) is 0.0305. The number of carbonyl (C=O) groups is 4. The number of nitrogens with one attached hydrogen (secondary N) is 4. The van der Waals surface area contributed by atoms with Gasteiger partial charge in [0, 0.05) is 230 Å². The monoisotopic (exact) mass is 1930 g/mol. The first-order chi connectivity index (χ1) is 65.2. The van der Waals surface area contributed by atoms with E-state index in [-0.39, 0.29) is 94.0 Å². The molecule has 8 aliphatic rings. The molecule has 2 atom stereocenters. The highest BCUT2D eigenvalue weighted by Gasteiger charge is 2.39. The average Bonchev–Trinajstić information content (AvgIpc) is 1.08. The Morgan fingerprint density at radius 1 is 0.515 bits per heavy atom. The molecule has 18 rings (SSSR count). The molecule has 0 bridgehead atoms. The minimum Gasteiger partial charge on any atom is -0.493 e. The number of sulfonamides is 2. The number of rotatable bonds is 25. The van der Waals surface area contributed by atoms with E-state index in [0.717, 1.165) is 122 Å². The number of benzene rings is 6. The first kappa shape index (κ1) is 95.5. The highest BCUT2D eigenvalue weighted by Crippen LogP contribution is 2.48. The maximum atomic E-state index is 14.1. The molecule has 0 spiro atoms. The zero-order chi connectivity index (χ0) is 95.5. The highest BCUT2D eigenvalue weighted by atomic mass is 35.5. The van der Waals surface area contributed by atoms with Gasteiger partial charge in [0.05, 0.1) is 74.6 Å². The van der Waals surface area contributed by atoms with E-state index in [9.17, 15) is 56.2 Å². The molecule has 37 heteroatoms. The Labute approximate surface area is 799 Å². The number of halogens is 2. The van der Waals surface area contributed by atoms with Crippen LogP contribution >= 0.6 is 23.2 Å². The number of methoxy groups -OCH3 is 1. The van der Waals surface area contributed by atoms with E-state index in [2.05, 4.69) is 111 Å². The third-order valence-corrected chi connectivity index (χ3v) is 30.4. The number of allylic oxidation sites excluding steroid dienone is 2. The number of pyridine rings is 2. The van der Waals surface area contributed by atoms with Crippen LogP contribution in [0, 0.1) is 42.9 Å². The van der Waals surface area contributed by atoms with Crippen molar-refractivity contribution in [2.24, 2.45) is 22.7 Å². The van der Waals surface area contributed by atoms with Gasteiger partial charge in [-0.2, -0.15) is 0 Å². The number of piperazine rings is 4. The third kappa shape index (κ3) is 22.4. The lowest BCUT2D eigenvalue weighted by Gasteiger charge is -2.39. The van der Waals surface area contributed by atoms with Gasteiger partial charge in [0.15, 0.2) is 0 Å². The topological polar surface area (TPSA) is 376 Å². The standard InChI is InChI=1S/C50H57ClN8O8S.C49H55ClN8O9S/c1-4-47(60)58-21-17-55(18-22-58)30-33-23-42-44(59(62)63)26-40(27-45(42)66-32-33)68(64,65)54-49(61)41-10-9-38(25-46(41)67-39-24-35-12-14-52-48(35)53-29-39)57-19-15-56(16-20-57)31-36-11-13-50(2,3)28-43(36)34-5-7-37(51)8-6-34;1-49(2)12-10-35(42(27-49)33-4-6-36(50)7-5-33)30-55-14-18-56(19-15-55)37-8-9-40(45(24-37)67-38-23-34-11-13-51-46(34)52-28-38)47(59)53-68(63,64)39-25-43(58(61)62)41-22-32(31-66-44(41)26-39)29-54-16-20-57(21-17-54)48(60)65-3/h5-10,12,14,24-27,29,33H,4,11,13,15-23,28,30-32H2,1-3H3,(H,52,53)(H,54,61);4-9,11,13,23-26,28,32H,10,12,14-22,27,29-31H2,1-3H3,(H,51,52)(H,53,59)/t33-;32-/m00/s1. The van der Waals surface area contributed by atoms with Gasteiger partial charge in [-0.15, -0.1) is 0 Å². The van der Waals surface area contributed by atoms with Gasteiger partial charge in [-0.3, -0.25) is 54.2 Å². The Morgan fingerprint density at radius 2 is 0.912 bits per heavy atom. The molecule has 4 saturated heterocycles. The van der Waals surface area contributed by atoms with Crippen molar-refractivity contribution in [1.29, 1.82) is 0 Å². The number of aromatic amines is 2. The number of nitro groups is 2. The molecule has 4 amide bonds. The maximum absolute atomic E-state index is 14.1. The zero-order valence-electron chi connectivity index (χ0n) is 77.0. The van der Waals surface area contributed by atoms with Gasteiger partial charge >= 0.3 is 6.09 Å². The first-order valence-electron chi connectivity index (χ1n) is 46.2. The summed E-state index contributed by atoms with van der Waals surface area (Å²) < 4.78 is 89.8. The summed E-state index contributed by atoms with van der Waals surface area (Å²) in [6, 6.07) is 38.1. The van der Waals surface area contributed by atoms with Crippen LogP contribution in [0.2, 0.25) is 10.0 Å². The average molecular weight is 1930 g/mol. The van der Waals surface area contributed by atoms with Gasteiger partial charge in [-0.1, -0.05) is 93.2 Å². The lowest BCUT2D eigenvalue weighted by molar-refractivity contribution is -0.386. The number of aromatic nitrogens is 4. The number of fused-ring (bicyclic) bond motifs is 4. The Kier molecular flexibility index (Phi) is 28.5. The normalized spacial score (nSPS) is 19.1. The molecule has 6 aromatic carbocycles. The number of H-pyrrole nitrogens is 2. The van der Waals surface area contributed by atoms with E-state index in [1.165, 1.54) is 77.2 Å². The molecular weight excluding hydrogens is 1820 g/mol. The van der Waals surface area contributed by atoms with E-state index in [1.807, 2.05) is 48.2 Å². The summed E-state index contributed by atoms with van der Waals surface area (Å²) in [5.74, 6) is -1.00. The van der Waals surface area contributed by atoms with E-state index < -0.39 is 62.9 Å². The second kappa shape index (κ2) is 40.6. The molecule has 4 N–H and O–H groups in total. The highest BCUT2D eigenvalue weighted by molar-refractivity contribution is 7.90. The fourth-order valence-electron chi connectivity index (χ4n) is 19.7. The molecule has 4 fully saturated rings. The van der Waals surface area contributed by atoms with Crippen molar-refractivity contribution in [2.45, 2.75) is 102 Å². The van der Waals surface area contributed by atoms with Gasteiger partial charge in [-0.05, 0) is 157 Å². The summed E-state index contributed by atoms with van der Waals surface area (Å²) in [5, 5.41) is 27.9. The van der Waals surface area contributed by atoms with Crippen LogP contribution in [0.3, 0.4) is 0 Å². The second-order valence-electron chi connectivity index (χ2n) is 37.9. The minimum atomic E-state index is -4.67. The van der Waals surface area contributed by atoms with Crippen LogP contribution in [0.15, 0.2) is 179 Å². The molecule has 4 aromatic heterocycles. The third-order valence-electron chi connectivity index (χ3n) is 27.3. The summed E-state index contributed by atoms with van der Waals surface area (Å²) >= 11 is 12.5. The molecule has 136 heavy (non-hydrogen) atoms. The predicted molar refractivity (Wildman–Crippen MR) is 519 cm³/mol. The van der Waals surface area contributed by atoms with Crippen molar-refractivity contribution in [3.8, 4) is 34.5 Å². The number of amides is 4. The number of nitro benzene ring substituents is 2. The van der Waals surface area contributed by atoms with Crippen LogP contribution in [-0.2, 0) is 42.4 Å². The zero-order valence-corrected chi connectivity index (χ0v) is 80.1. The van der Waals surface area contributed by atoms with Gasteiger partial charge in [-0.25, -0.2) is 41.0 Å². The summed E-state index contributed by atoms with van der Waals surface area (Å²) in [6.07, 6.45) is 13.5. The Morgan fingerprint density at radius 3 is 1.30 bits per heavy atom. The van der Waals surface area contributed by atoms with Gasteiger partial charge in [0.1, 0.15) is 45.8 Å². The minimum absolute atomic E-state index is 0.0570. The summed E-state index contributed by atoms with van der Waals surface area (Å²) in [4.78, 5) is 107. The molecule has 0 unspecified atom stereocenters. The Hall–Kier alpha value is -12.2. The number of hydrogen-bond acceptors (Lipinski definition) is 25. The SMILES string of the molecule is CCC(=O)N1CCN(C[C@H]2COc3cc(S(=O)(=O)NC(=O)c4ccc(N5CCN(CC6=C(c7ccc(Cl)cc7)CC(C)(C)CC6)CC5)cc4Oc4cnc5[nH]ccc5c4)cc([N+](=O)[O-])c3C2)CC1.COC(=O)N1CCN(C[C@H]2COc3cc(S(=O)(=O)NC(=O)c4ccc(N5CCN(CC6=C(c7ccc(Cl)cc7)CC(C)(C)CC6)CC5)cc4Oc4cnc5[nH]ccc5c4)cc([N+](=O)[O-])c3C2)CC1. The Balaban J connectivity index is 0.000000189. The van der Waals surface area contributed by atoms with E-state index in [1.54, 1.807) is 53.7 Å². The first-order valence-corrected chi connectivity index (χ1v) is 49.9. The van der Waals surface area contributed by atoms with E-state index in [0.29, 0.717) is 133 Å². The van der Waals surface area contributed by atoms with Crippen LogP contribution in [0.5, 0.6) is 34.5 Å². The Bertz CT molecular complexity index is 6130. The van der Waals surface area contributed by atoms with Crippen LogP contribution in [-0.4, -0.2) is 251 Å². The van der Waals surface area contributed by atoms with E-state index >= 15 is 0 Å². The molecule has 10 heterocycles. The van der Waals surface area contributed by atoms with Crippen molar-refractivity contribution < 1.29 is 69.5 Å². The van der Waals surface area contributed by atoms with Crippen LogP contribution < -0.4 is 38.2 Å². The van der Waals surface area contributed by atoms with Crippen LogP contribution in [0.1, 0.15) is 123 Å². The molecule has 2 aliphatic carbocycles. The van der Waals surface area contributed by atoms with Crippen molar-refractivity contribution in [3.05, 3.63) is 233 Å². The fraction of sp³-hybridized carbons (Fsp3) is 0.414. The molecule has 0 saturated carbocycles. The van der Waals surface area contributed by atoms with E-state index in [4.69, 9.17) is 46.9 Å². The molecule has 10 aromatic rings. The number of anilines is 2. The van der Waals surface area contributed by atoms with Crippen LogP contribution in [0.25, 0.3) is 33.2 Å². The lowest BCUT2D eigenvalue weighted by atomic mass is 9.72. The van der Waals surface area contributed by atoms with Crippen molar-refractivity contribution in [1.82, 2.24) is 58.8 Å². The number of carbonyl (C=O) groups excluding carboxylic acids is 4. The number of ether oxygens (including phenoxy) is 5. The lowest BCUT2D eigenvalue weighted by Crippen LogP contribution is -2.50. The maximum Gasteiger partial charge on any atom is 0.409 e. The smallest absolute Gasteiger partial charge is 0.409 e. The van der Waals surface area contributed by atoms with Crippen LogP contribution in [0.4, 0.5) is 27.5 Å². The molecule has 716 valence electrons. The summed E-state index contributed by atoms with van der Waals surface area (Å²) in [6.45, 7) is 25.4. The van der Waals surface area contributed by atoms with Crippen molar-refractivity contribution >= 4 is 123 Å². The fourth-order valence-corrected chi connectivity index (χ4v) is 21.9. The summed E-state index contributed by atoms with van der Waals surface area (Å²) in [5.41, 5.74) is 11.1. The molecular formula is C99H112Cl2N16O17S2. The second-order valence-corrected chi connectivity index (χ2v) is 42.1. The molecule has 0 radical (unpaired) electrons. The van der Waals surface area contributed by atoms with Crippen molar-refractivity contribution in [3.63, 3.8) is 0 Å². The van der Waals surface area contributed by atoms with Gasteiger partial charge in [0.25, 0.3) is 43.2 Å².